The summed E-state index contributed by atoms with van der Waals surface area (Å²) in [5, 5.41) is 26.4. The number of methoxy groups -OCH3 is 2. The summed E-state index contributed by atoms with van der Waals surface area (Å²) in [6.45, 7) is 5.80. The molecule has 0 spiro atoms. The van der Waals surface area contributed by atoms with Crippen molar-refractivity contribution in [1.29, 1.82) is 0 Å². The second-order valence-electron chi connectivity index (χ2n) is 21.3. The van der Waals surface area contributed by atoms with Gasteiger partial charge in [0.15, 0.2) is 42.1 Å². The number of benzene rings is 2. The lowest BCUT2D eigenvalue weighted by atomic mass is 9.95. The Kier molecular flexibility index (Phi) is 30.2. The molecule has 28 heteroatoms. The van der Waals surface area contributed by atoms with Gasteiger partial charge in [0.2, 0.25) is 0 Å². The van der Waals surface area contributed by atoms with Crippen LogP contribution in [-0.4, -0.2) is 162 Å². The lowest BCUT2D eigenvalue weighted by Gasteiger charge is -2.37. The zero-order chi connectivity index (χ0) is 66.5. The number of nitrogens with zero attached hydrogens (tertiary/aromatic N) is 11. The number of nitrogens with one attached hydrogen (secondary N) is 2. The van der Waals surface area contributed by atoms with Gasteiger partial charge in [0.25, 0.3) is 0 Å². The zero-order valence-corrected chi connectivity index (χ0v) is 54.5. The molecule has 12 rings (SSSR count). The van der Waals surface area contributed by atoms with E-state index in [1.54, 1.807) is 24.8 Å². The normalized spacial score (nSPS) is 14.1. The monoisotopic (exact) mass is 1360 g/mol. The Morgan fingerprint density at radius 1 is 0.645 bits per heavy atom. The number of nitrogens with two attached hydrogens (primary N) is 1. The third-order valence-electron chi connectivity index (χ3n) is 14.4. The predicted molar refractivity (Wildman–Crippen MR) is 346 cm³/mol. The number of Topliss-reactive ketones (excluding diaryl/α,β-unsaturated/α-hetero) is 4. The van der Waals surface area contributed by atoms with Gasteiger partial charge in [-0.15, -0.1) is 0 Å². The fourth-order valence-electron chi connectivity index (χ4n) is 10.00. The van der Waals surface area contributed by atoms with E-state index < -0.39 is 15.8 Å². The van der Waals surface area contributed by atoms with Crippen LogP contribution in [0.4, 0.5) is 34.1 Å². The molecule has 2 aromatic carbocycles. The van der Waals surface area contributed by atoms with Crippen LogP contribution in [0.2, 0.25) is 5.02 Å². The maximum absolute atomic E-state index is 11.7. The number of nitro groups is 2. The molecule has 10 heterocycles. The number of ketones is 4. The highest BCUT2D eigenvalue weighted by Crippen LogP contribution is 2.29. The predicted octanol–water partition coefficient (Wildman–Crippen LogP) is 3.24. The summed E-state index contributed by atoms with van der Waals surface area (Å²) >= 11 is 5.44. The van der Waals surface area contributed by atoms with Crippen LogP contribution in [0.25, 0.3) is 0 Å². The van der Waals surface area contributed by atoms with Gasteiger partial charge < -0.3 is 57.5 Å². The molecule has 0 fully saturated rings. The minimum absolute atomic E-state index is 0. The molecular formula is C65H74BrClN14O12. The maximum atomic E-state index is 11.7. The summed E-state index contributed by atoms with van der Waals surface area (Å²) in [5.74, 6) is 0.245. The van der Waals surface area contributed by atoms with Crippen molar-refractivity contribution in [1.82, 2.24) is 29.7 Å². The zero-order valence-electron chi connectivity index (χ0n) is 52.2. The molecule has 0 saturated heterocycles. The number of rotatable bonds is 10. The average Bonchev–Trinajstić information content (AvgIpc) is 0.980. The number of aromatic nitrogens is 5. The quantitative estimate of drug-likeness (QED) is 0.0766. The molecule has 5 aliphatic rings. The van der Waals surface area contributed by atoms with E-state index in [0.29, 0.717) is 57.6 Å². The number of carbonyl (C=O) groups is 6. The number of anilines is 4. The van der Waals surface area contributed by atoms with E-state index in [0.717, 1.165) is 73.1 Å². The summed E-state index contributed by atoms with van der Waals surface area (Å²) in [6, 6.07) is 29.6. The smallest absolute Gasteiger partial charge is 0.325 e. The Morgan fingerprint density at radius 3 is 1.78 bits per heavy atom. The molecule has 0 amide bonds. The van der Waals surface area contributed by atoms with Crippen molar-refractivity contribution in [3.63, 3.8) is 0 Å². The van der Waals surface area contributed by atoms with Crippen molar-refractivity contribution < 1.29 is 69.6 Å². The van der Waals surface area contributed by atoms with Crippen molar-refractivity contribution in [2.75, 3.05) is 108 Å². The lowest BCUT2D eigenvalue weighted by molar-refractivity contribution is -0.688. The van der Waals surface area contributed by atoms with Crippen LogP contribution in [0.15, 0.2) is 164 Å². The van der Waals surface area contributed by atoms with Crippen LogP contribution in [0, 0.1) is 20.2 Å². The second-order valence-corrected chi connectivity index (χ2v) is 21.7. The fourth-order valence-corrected chi connectivity index (χ4v) is 10.2. The molecule has 26 nitrogen and oxygen atoms in total. The third-order valence-corrected chi connectivity index (χ3v) is 14.7. The topological polar surface area (TPSA) is 326 Å². The molecule has 0 radical (unpaired) electrons. The van der Waals surface area contributed by atoms with Gasteiger partial charge in [0.05, 0.1) is 62.5 Å². The molecule has 0 unspecified atom stereocenters. The first kappa shape index (κ1) is 73.8. The van der Waals surface area contributed by atoms with E-state index in [9.17, 15) is 49.0 Å². The lowest BCUT2D eigenvalue weighted by Crippen LogP contribution is -3.00. The molecule has 5 aromatic heterocycles. The van der Waals surface area contributed by atoms with Gasteiger partial charge in [-0.25, -0.2) is 4.57 Å². The standard InChI is InChI=1S/C16H20N2O.C16H17N2O.C9H10N2O.C8H9N3O4.C8H8N2O.C5H3ClN2O2.C3H7NO2.BrH/c2*1-17-12-15(19)9-14-11-18(8-7-16(14)17)10-13-5-3-2-4-6-13;1-11-6-8(12)4-7-5-10-3-2-9(7)11;1-15-8(12)5-10-6-2-3-9-4-7(6)11(13)14;11-7-3-6-4-9-2-1-8(6)10-5-7;6-4-1-2-7-3-5(4)8(9)10;1-6-3(5)2-4;/h2-6H,7-12H2,1H3;2-8,11H,9-10,12H2,1H3;2-3,5H,4,6H2,1H3;2-4H,5H2,1H3,(H,9,10);1-2,4,10H,3,5H2;1-3H;2,4H2,1H3;1H/q;+1;;;;;;/p-1. The second kappa shape index (κ2) is 38.0. The Hall–Kier alpha value is -9.96. The van der Waals surface area contributed by atoms with Crippen LogP contribution in [0.1, 0.15) is 40.7 Å². The molecule has 0 atom stereocenters. The Balaban J connectivity index is 0.000000201. The minimum Gasteiger partial charge on any atom is -1.00 e. The van der Waals surface area contributed by atoms with Crippen molar-refractivity contribution in [2.45, 2.75) is 45.2 Å². The first-order valence-electron chi connectivity index (χ1n) is 29.0. The summed E-state index contributed by atoms with van der Waals surface area (Å²) in [6.07, 6.45) is 19.5. The highest BCUT2D eigenvalue weighted by Gasteiger charge is 2.28. The van der Waals surface area contributed by atoms with Crippen LogP contribution in [0.5, 0.6) is 0 Å². The van der Waals surface area contributed by atoms with Gasteiger partial charge in [0, 0.05) is 155 Å². The molecule has 7 aromatic rings. The number of hydrogen-bond acceptors (Lipinski definition) is 23. The maximum Gasteiger partial charge on any atom is 0.325 e. The number of halogens is 2. The molecule has 0 aliphatic carbocycles. The van der Waals surface area contributed by atoms with Gasteiger partial charge in [-0.3, -0.25) is 73.8 Å². The molecule has 5 aliphatic heterocycles. The van der Waals surface area contributed by atoms with Crippen molar-refractivity contribution in [2.24, 2.45) is 5.73 Å². The number of pyridine rings is 5. The van der Waals surface area contributed by atoms with E-state index in [2.05, 4.69) is 115 Å². The first-order valence-corrected chi connectivity index (χ1v) is 29.4. The van der Waals surface area contributed by atoms with Gasteiger partial charge in [0.1, 0.15) is 29.6 Å². The van der Waals surface area contributed by atoms with Gasteiger partial charge in [-0.1, -0.05) is 72.3 Å². The fraction of sp³-hybridized carbons (Fsp3) is 0.308. The highest BCUT2D eigenvalue weighted by atomic mass is 79.9. The molecule has 4 N–H and O–H groups in total. The minimum atomic E-state index is -0.577. The molecule has 93 heavy (non-hydrogen) atoms. The number of likely N-dealkylation sites (N-methyl/N-ethyl adjacent to an activating group) is 3. The van der Waals surface area contributed by atoms with E-state index in [1.165, 1.54) is 66.8 Å². The van der Waals surface area contributed by atoms with E-state index in [1.807, 2.05) is 61.3 Å². The average molecular weight is 1360 g/mol. The van der Waals surface area contributed by atoms with Gasteiger partial charge in [-0.2, -0.15) is 0 Å². The van der Waals surface area contributed by atoms with Crippen LogP contribution >= 0.6 is 11.6 Å². The Morgan fingerprint density at radius 2 is 1.18 bits per heavy atom. The number of hydrogen-bond donors (Lipinski definition) is 3. The summed E-state index contributed by atoms with van der Waals surface area (Å²) in [4.78, 5) is 109. The Labute approximate surface area is 553 Å². The van der Waals surface area contributed by atoms with Gasteiger partial charge in [-0.05, 0) is 35.4 Å². The largest absolute Gasteiger partial charge is 1.00 e. The molecule has 0 bridgehead atoms. The number of fused-ring (bicyclic) bond motifs is 3. The Bertz CT molecular complexity index is 3720. The summed E-state index contributed by atoms with van der Waals surface area (Å²) in [7, 11) is 8.48. The van der Waals surface area contributed by atoms with E-state index in [-0.39, 0.29) is 75.5 Å². The molecule has 0 saturated carbocycles. The van der Waals surface area contributed by atoms with Crippen LogP contribution in [-0.2, 0) is 70.6 Å². The van der Waals surface area contributed by atoms with Crippen LogP contribution < -0.4 is 47.7 Å². The SMILES string of the molecule is CN1CC(=O)CC2=C1CCN(Cc1ccccc1)C2.CN1CC(=O)Cc2c[n+](Cc3ccccc3)ccc21.CN1CC(=O)Cc2cnccc21.COC(=O)CN.COC(=O)CNc1ccncc1[N+](=O)[O-].O=C1CNc2ccncc2C1.O=[N+]([O-])c1cnccc1Cl.[Br-]. The van der Waals surface area contributed by atoms with Crippen molar-refractivity contribution in [3.8, 4) is 0 Å². The molecule has 490 valence electrons. The van der Waals surface area contributed by atoms with Gasteiger partial charge >= 0.3 is 23.3 Å². The number of ether oxygens (including phenoxy) is 2. The third kappa shape index (κ3) is 24.0. The number of carbonyl (C=O) groups excluding carboxylic acids is 6. The van der Waals surface area contributed by atoms with Crippen molar-refractivity contribution in [3.05, 3.63) is 217 Å². The summed E-state index contributed by atoms with van der Waals surface area (Å²) < 4.78 is 10.7. The van der Waals surface area contributed by atoms with Crippen molar-refractivity contribution >= 4 is 80.8 Å². The van der Waals surface area contributed by atoms with E-state index in [4.69, 9.17) is 17.3 Å². The highest BCUT2D eigenvalue weighted by molar-refractivity contribution is 6.32. The first-order chi connectivity index (χ1) is 44.2. The van der Waals surface area contributed by atoms with Crippen LogP contribution in [0.3, 0.4) is 0 Å². The van der Waals surface area contributed by atoms with E-state index >= 15 is 0 Å². The molecular weight excluding hydrogens is 1280 g/mol. The summed E-state index contributed by atoms with van der Waals surface area (Å²) in [5.41, 5.74) is 16.6. The number of esters is 2.